The zero-order chi connectivity index (χ0) is 22.6. The third-order valence-corrected chi connectivity index (χ3v) is 7.72. The Balaban J connectivity index is 1.82. The number of hydrogen-bond donors (Lipinski definition) is 1. The summed E-state index contributed by atoms with van der Waals surface area (Å²) in [6.45, 7) is 1.27. The van der Waals surface area contributed by atoms with Crippen molar-refractivity contribution in [2.24, 2.45) is 0 Å². The van der Waals surface area contributed by atoms with Crippen LogP contribution in [0.15, 0.2) is 47.4 Å². The number of ether oxygens (including phenoxy) is 1. The monoisotopic (exact) mass is 465 g/mol. The van der Waals surface area contributed by atoms with Crippen LogP contribution in [0, 0.1) is 0 Å². The molecular formula is C22H28ClN3O4S. The second-order valence-electron chi connectivity index (χ2n) is 7.69. The number of hydrogen-bond acceptors (Lipinski definition) is 5. The largest absolute Gasteiger partial charge is 0.495 e. The van der Waals surface area contributed by atoms with Crippen LogP contribution in [0.25, 0.3) is 0 Å². The molecule has 0 bridgehead atoms. The Morgan fingerprint density at radius 3 is 2.48 bits per heavy atom. The predicted octanol–water partition coefficient (Wildman–Crippen LogP) is 3.17. The Bertz CT molecular complexity index is 1040. The van der Waals surface area contributed by atoms with Gasteiger partial charge >= 0.3 is 0 Å². The van der Waals surface area contributed by atoms with Gasteiger partial charge in [0.2, 0.25) is 10.0 Å². The van der Waals surface area contributed by atoms with E-state index in [-0.39, 0.29) is 28.2 Å². The molecule has 168 valence electrons. The van der Waals surface area contributed by atoms with Gasteiger partial charge in [0.25, 0.3) is 5.91 Å². The number of methoxy groups -OCH3 is 1. The normalized spacial score (nSPS) is 15.8. The van der Waals surface area contributed by atoms with Crippen molar-refractivity contribution < 1.29 is 17.9 Å². The Morgan fingerprint density at radius 2 is 1.87 bits per heavy atom. The first-order valence-corrected chi connectivity index (χ1v) is 11.9. The summed E-state index contributed by atoms with van der Waals surface area (Å²) < 4.78 is 32.8. The van der Waals surface area contributed by atoms with Crippen LogP contribution in [0.4, 0.5) is 0 Å². The Hall–Kier alpha value is -2.13. The van der Waals surface area contributed by atoms with Crippen LogP contribution in [0.5, 0.6) is 5.75 Å². The minimum atomic E-state index is -3.73. The minimum absolute atomic E-state index is 0.0137. The summed E-state index contributed by atoms with van der Waals surface area (Å²) in [5.74, 6) is -0.134. The van der Waals surface area contributed by atoms with Gasteiger partial charge in [-0.3, -0.25) is 4.79 Å². The van der Waals surface area contributed by atoms with Crippen molar-refractivity contribution in [1.82, 2.24) is 14.5 Å². The van der Waals surface area contributed by atoms with Crippen LogP contribution >= 0.6 is 11.6 Å². The maximum Gasteiger partial charge on any atom is 0.251 e. The van der Waals surface area contributed by atoms with E-state index in [9.17, 15) is 13.2 Å². The van der Waals surface area contributed by atoms with E-state index in [4.69, 9.17) is 16.3 Å². The first-order chi connectivity index (χ1) is 14.8. The smallest absolute Gasteiger partial charge is 0.251 e. The van der Waals surface area contributed by atoms with Gasteiger partial charge in [-0.2, -0.15) is 4.31 Å². The second kappa shape index (κ2) is 9.99. The van der Waals surface area contributed by atoms with E-state index >= 15 is 0 Å². The van der Waals surface area contributed by atoms with E-state index < -0.39 is 10.0 Å². The number of nitrogens with one attached hydrogen (secondary N) is 1. The summed E-state index contributed by atoms with van der Waals surface area (Å²) >= 11 is 6.34. The molecule has 0 aliphatic carbocycles. The molecular weight excluding hydrogens is 438 g/mol. The standard InChI is InChI=1S/C22H28ClN3O4S/c1-25(2)19(17-8-4-5-9-18(17)23)15-24-22(27)16-10-11-20(30-3)21(14-16)31(28,29)26-12-6-7-13-26/h4-5,8-11,14,19H,6-7,12-13,15H2,1-3H3,(H,24,27)/t19-/m0/s1. The van der Waals surface area contributed by atoms with E-state index in [0.29, 0.717) is 24.7 Å². The van der Waals surface area contributed by atoms with Crippen molar-refractivity contribution in [3.05, 3.63) is 58.6 Å². The fourth-order valence-electron chi connectivity index (χ4n) is 3.69. The van der Waals surface area contributed by atoms with Crippen molar-refractivity contribution in [2.75, 3.05) is 40.8 Å². The maximum atomic E-state index is 13.1. The summed E-state index contributed by atoms with van der Waals surface area (Å²) in [5, 5.41) is 3.53. The first kappa shape index (κ1) is 23.5. The molecule has 9 heteroatoms. The number of carbonyl (C=O) groups is 1. The van der Waals surface area contributed by atoms with Gasteiger partial charge in [-0.15, -0.1) is 0 Å². The van der Waals surface area contributed by atoms with Gasteiger partial charge in [0, 0.05) is 30.2 Å². The lowest BCUT2D eigenvalue weighted by atomic mass is 10.1. The fourth-order valence-corrected chi connectivity index (χ4v) is 5.65. The highest BCUT2D eigenvalue weighted by atomic mass is 35.5. The maximum absolute atomic E-state index is 13.1. The molecule has 3 rings (SSSR count). The molecule has 1 atom stereocenters. The number of likely N-dealkylation sites (N-methyl/N-ethyl adjacent to an activating group) is 1. The molecule has 1 amide bonds. The van der Waals surface area contributed by atoms with E-state index in [1.807, 2.05) is 43.3 Å². The molecule has 1 fully saturated rings. The average Bonchev–Trinajstić information content (AvgIpc) is 3.30. The number of amides is 1. The molecule has 2 aromatic rings. The lowest BCUT2D eigenvalue weighted by molar-refractivity contribution is 0.0941. The van der Waals surface area contributed by atoms with Gasteiger partial charge in [0.05, 0.1) is 13.2 Å². The van der Waals surface area contributed by atoms with E-state index in [0.717, 1.165) is 18.4 Å². The van der Waals surface area contributed by atoms with Crippen molar-refractivity contribution >= 4 is 27.5 Å². The van der Waals surface area contributed by atoms with Gasteiger partial charge < -0.3 is 15.0 Å². The topological polar surface area (TPSA) is 79.0 Å². The third kappa shape index (κ3) is 5.20. The van der Waals surface area contributed by atoms with Crippen LogP contribution < -0.4 is 10.1 Å². The van der Waals surface area contributed by atoms with Gasteiger partial charge in [0.15, 0.2) is 0 Å². The molecule has 0 aromatic heterocycles. The molecule has 1 aliphatic rings. The van der Waals surface area contributed by atoms with Gasteiger partial charge in [-0.25, -0.2) is 8.42 Å². The lowest BCUT2D eigenvalue weighted by Gasteiger charge is -2.26. The van der Waals surface area contributed by atoms with E-state index in [2.05, 4.69) is 5.32 Å². The van der Waals surface area contributed by atoms with Crippen LogP contribution in [-0.4, -0.2) is 64.4 Å². The predicted molar refractivity (Wildman–Crippen MR) is 121 cm³/mol. The fraction of sp³-hybridized carbons (Fsp3) is 0.409. The highest BCUT2D eigenvalue weighted by Crippen LogP contribution is 2.30. The molecule has 0 spiro atoms. The molecule has 1 saturated heterocycles. The third-order valence-electron chi connectivity index (χ3n) is 5.45. The second-order valence-corrected chi connectivity index (χ2v) is 10.0. The first-order valence-electron chi connectivity index (χ1n) is 10.1. The van der Waals surface area contributed by atoms with E-state index in [1.54, 1.807) is 6.07 Å². The molecule has 31 heavy (non-hydrogen) atoms. The summed E-state index contributed by atoms with van der Waals surface area (Å²) in [6.07, 6.45) is 1.66. The van der Waals surface area contributed by atoms with Crippen molar-refractivity contribution in [3.63, 3.8) is 0 Å². The van der Waals surface area contributed by atoms with Crippen molar-refractivity contribution in [3.8, 4) is 5.75 Å². The van der Waals surface area contributed by atoms with Crippen LogP contribution in [0.3, 0.4) is 0 Å². The summed E-state index contributed by atoms with van der Waals surface area (Å²) in [5.41, 5.74) is 1.16. The summed E-state index contributed by atoms with van der Waals surface area (Å²) in [7, 11) is 1.51. The number of benzene rings is 2. The minimum Gasteiger partial charge on any atom is -0.495 e. The van der Waals surface area contributed by atoms with E-state index in [1.165, 1.54) is 23.5 Å². The average molecular weight is 466 g/mol. The number of sulfonamides is 1. The molecule has 7 nitrogen and oxygen atoms in total. The highest BCUT2D eigenvalue weighted by Gasteiger charge is 2.30. The SMILES string of the molecule is COc1ccc(C(=O)NC[C@@H](c2ccccc2Cl)N(C)C)cc1S(=O)(=O)N1CCCC1. The molecule has 2 aromatic carbocycles. The zero-order valence-corrected chi connectivity index (χ0v) is 19.5. The Morgan fingerprint density at radius 1 is 1.19 bits per heavy atom. The lowest BCUT2D eigenvalue weighted by Crippen LogP contribution is -2.35. The Labute approximate surface area is 189 Å². The quantitative estimate of drug-likeness (QED) is 0.647. The Kier molecular flexibility index (Phi) is 7.59. The zero-order valence-electron chi connectivity index (χ0n) is 18.0. The van der Waals surface area contributed by atoms with Crippen molar-refractivity contribution in [2.45, 2.75) is 23.8 Å². The highest BCUT2D eigenvalue weighted by molar-refractivity contribution is 7.89. The van der Waals surface area contributed by atoms with Crippen LogP contribution in [-0.2, 0) is 10.0 Å². The number of halogens is 1. The van der Waals surface area contributed by atoms with Gasteiger partial charge in [-0.05, 0) is 56.8 Å². The summed E-state index contributed by atoms with van der Waals surface area (Å²) in [4.78, 5) is 14.9. The molecule has 0 radical (unpaired) electrons. The molecule has 0 saturated carbocycles. The number of carbonyl (C=O) groups excluding carboxylic acids is 1. The van der Waals surface area contributed by atoms with Gasteiger partial charge in [-0.1, -0.05) is 29.8 Å². The molecule has 0 unspecified atom stereocenters. The van der Waals surface area contributed by atoms with Crippen LogP contribution in [0.1, 0.15) is 34.8 Å². The van der Waals surface area contributed by atoms with Gasteiger partial charge in [0.1, 0.15) is 10.6 Å². The van der Waals surface area contributed by atoms with Crippen LogP contribution in [0.2, 0.25) is 5.02 Å². The van der Waals surface area contributed by atoms with Crippen molar-refractivity contribution in [1.29, 1.82) is 0 Å². The summed E-state index contributed by atoms with van der Waals surface area (Å²) in [6, 6.07) is 11.8. The molecule has 1 N–H and O–H groups in total. The number of rotatable bonds is 8. The molecule has 1 aliphatic heterocycles. The number of nitrogens with zero attached hydrogens (tertiary/aromatic N) is 2. The molecule has 1 heterocycles.